The molecule has 3 heteroatoms. The third-order valence-corrected chi connectivity index (χ3v) is 1.72. The van der Waals surface area contributed by atoms with Crippen molar-refractivity contribution in [1.29, 1.82) is 0 Å². The van der Waals surface area contributed by atoms with Gasteiger partial charge in [0.25, 0.3) is 0 Å². The van der Waals surface area contributed by atoms with Gasteiger partial charge in [-0.15, -0.1) is 0 Å². The van der Waals surface area contributed by atoms with E-state index in [9.17, 15) is 4.79 Å². The zero-order valence-electron chi connectivity index (χ0n) is 5.41. The molecule has 1 saturated heterocycles. The van der Waals surface area contributed by atoms with Crippen LogP contribution < -0.4 is 0 Å². The van der Waals surface area contributed by atoms with Crippen molar-refractivity contribution in [3.8, 4) is 0 Å². The molecule has 1 unspecified atom stereocenters. The van der Waals surface area contributed by atoms with Crippen molar-refractivity contribution in [2.75, 3.05) is 6.54 Å². The molecule has 0 aromatic rings. The van der Waals surface area contributed by atoms with Crippen LogP contribution in [0, 0.1) is 5.92 Å². The van der Waals surface area contributed by atoms with E-state index in [1.54, 1.807) is 12.3 Å². The second-order valence-corrected chi connectivity index (χ2v) is 2.46. The second kappa shape index (κ2) is 1.94. The minimum Gasteiger partial charge on any atom is -0.431 e. The normalized spacial score (nSPS) is 29.4. The lowest BCUT2D eigenvalue weighted by molar-refractivity contribution is -0.135. The highest BCUT2D eigenvalue weighted by Crippen LogP contribution is 2.26. The molecule has 2 aliphatic rings. The summed E-state index contributed by atoms with van der Waals surface area (Å²) in [5, 5.41) is 0. The van der Waals surface area contributed by atoms with Gasteiger partial charge in [-0.3, -0.25) is 9.79 Å². The number of hydrogen-bond acceptors (Lipinski definition) is 3. The Morgan fingerprint density at radius 1 is 1.70 bits per heavy atom. The number of ether oxygens (including phenoxy) is 1. The highest BCUT2D eigenvalue weighted by Gasteiger charge is 2.29. The van der Waals surface area contributed by atoms with Crippen molar-refractivity contribution in [2.24, 2.45) is 10.9 Å². The van der Waals surface area contributed by atoms with E-state index < -0.39 is 0 Å². The molecule has 10 heavy (non-hydrogen) atoms. The van der Waals surface area contributed by atoms with E-state index in [-0.39, 0.29) is 11.9 Å². The number of fused-ring (bicyclic) bond motifs is 1. The number of aliphatic imine (C=N–C) groups is 1. The quantitative estimate of drug-likeness (QED) is 0.456. The number of allylic oxidation sites excluding steroid dienone is 1. The molecule has 0 aromatic carbocycles. The van der Waals surface area contributed by atoms with Crippen molar-refractivity contribution in [3.05, 3.63) is 11.8 Å². The van der Waals surface area contributed by atoms with E-state index in [4.69, 9.17) is 4.74 Å². The highest BCUT2D eigenvalue weighted by molar-refractivity contribution is 5.79. The third-order valence-electron chi connectivity index (χ3n) is 1.72. The Balaban J connectivity index is 2.26. The monoisotopic (exact) mass is 137 g/mol. The van der Waals surface area contributed by atoms with Gasteiger partial charge in [0.1, 0.15) is 5.76 Å². The van der Waals surface area contributed by atoms with Crippen molar-refractivity contribution in [3.63, 3.8) is 0 Å². The largest absolute Gasteiger partial charge is 0.431 e. The minimum atomic E-state index is -0.123. The number of carbonyl (C=O) groups excluding carboxylic acids is 1. The van der Waals surface area contributed by atoms with Crippen molar-refractivity contribution < 1.29 is 9.53 Å². The molecule has 0 N–H and O–H groups in total. The zero-order chi connectivity index (χ0) is 6.97. The van der Waals surface area contributed by atoms with Crippen LogP contribution in [-0.4, -0.2) is 18.7 Å². The maximum Gasteiger partial charge on any atom is 0.311 e. The molecule has 3 nitrogen and oxygen atoms in total. The molecule has 52 valence electrons. The Bertz CT molecular complexity index is 230. The summed E-state index contributed by atoms with van der Waals surface area (Å²) in [7, 11) is 0. The molecule has 0 saturated carbocycles. The number of esters is 1. The van der Waals surface area contributed by atoms with Crippen LogP contribution in [0.3, 0.4) is 0 Å². The number of nitrogens with zero attached hydrogens (tertiary/aromatic N) is 1. The van der Waals surface area contributed by atoms with E-state index in [1.807, 2.05) is 0 Å². The molecule has 0 aromatic heterocycles. The number of carbonyl (C=O) groups is 1. The van der Waals surface area contributed by atoms with Gasteiger partial charge in [0, 0.05) is 18.7 Å². The topological polar surface area (TPSA) is 38.7 Å². The first-order valence-electron chi connectivity index (χ1n) is 3.27. The SMILES string of the molecule is O=C1CC2CN=CC=C2O1. The van der Waals surface area contributed by atoms with E-state index in [2.05, 4.69) is 4.99 Å². The molecule has 1 fully saturated rings. The summed E-state index contributed by atoms with van der Waals surface area (Å²) in [6.45, 7) is 0.706. The molecule has 2 rings (SSSR count). The summed E-state index contributed by atoms with van der Waals surface area (Å²) >= 11 is 0. The van der Waals surface area contributed by atoms with Gasteiger partial charge in [0.05, 0.1) is 6.42 Å². The highest BCUT2D eigenvalue weighted by atomic mass is 16.5. The van der Waals surface area contributed by atoms with Gasteiger partial charge >= 0.3 is 5.97 Å². The summed E-state index contributed by atoms with van der Waals surface area (Å²) in [6.07, 6.45) is 3.95. The molecular formula is C7H7NO2. The fraction of sp³-hybridized carbons (Fsp3) is 0.429. The predicted octanol–water partition coefficient (Wildman–Crippen LogP) is 0.518. The predicted molar refractivity (Wildman–Crippen MR) is 35.6 cm³/mol. The lowest BCUT2D eigenvalue weighted by Crippen LogP contribution is -2.05. The lowest BCUT2D eigenvalue weighted by Gasteiger charge is -2.06. The van der Waals surface area contributed by atoms with Crippen LogP contribution in [0.1, 0.15) is 6.42 Å². The van der Waals surface area contributed by atoms with Gasteiger partial charge in [0.2, 0.25) is 0 Å². The average molecular weight is 137 g/mol. The van der Waals surface area contributed by atoms with Gasteiger partial charge in [-0.05, 0) is 6.08 Å². The zero-order valence-corrected chi connectivity index (χ0v) is 5.41. The Kier molecular flexibility index (Phi) is 1.09. The van der Waals surface area contributed by atoms with Gasteiger partial charge in [0.15, 0.2) is 0 Å². The first-order chi connectivity index (χ1) is 4.86. The lowest BCUT2D eigenvalue weighted by atomic mass is 10.0. The number of dihydropyridines is 1. The van der Waals surface area contributed by atoms with Crippen LogP contribution in [0.15, 0.2) is 16.8 Å². The summed E-state index contributed by atoms with van der Waals surface area (Å²) < 4.78 is 4.90. The maximum atomic E-state index is 10.7. The molecule has 0 aliphatic carbocycles. The van der Waals surface area contributed by atoms with Gasteiger partial charge in [-0.1, -0.05) is 0 Å². The number of rotatable bonds is 0. The number of hydrogen-bond donors (Lipinski definition) is 0. The molecule has 1 atom stereocenters. The molecule has 0 bridgehead atoms. The molecular weight excluding hydrogens is 130 g/mol. The fourth-order valence-electron chi connectivity index (χ4n) is 1.20. The van der Waals surface area contributed by atoms with Gasteiger partial charge in [-0.25, -0.2) is 0 Å². The summed E-state index contributed by atoms with van der Waals surface area (Å²) in [6, 6.07) is 0. The van der Waals surface area contributed by atoms with E-state index in [1.165, 1.54) is 0 Å². The summed E-state index contributed by atoms with van der Waals surface area (Å²) in [5.74, 6) is 0.902. The van der Waals surface area contributed by atoms with E-state index in [0.29, 0.717) is 13.0 Å². The second-order valence-electron chi connectivity index (χ2n) is 2.46. The first kappa shape index (κ1) is 5.65. The van der Waals surface area contributed by atoms with Crippen LogP contribution in [0.4, 0.5) is 0 Å². The Morgan fingerprint density at radius 2 is 2.60 bits per heavy atom. The van der Waals surface area contributed by atoms with Crippen LogP contribution in [0.5, 0.6) is 0 Å². The van der Waals surface area contributed by atoms with Crippen LogP contribution in [0.2, 0.25) is 0 Å². The van der Waals surface area contributed by atoms with Crippen molar-refractivity contribution >= 4 is 12.2 Å². The van der Waals surface area contributed by atoms with Gasteiger partial charge < -0.3 is 4.74 Å². The standard InChI is InChI=1S/C7H7NO2/c9-7-3-5-4-8-2-1-6(5)10-7/h1-2,5H,3-4H2. The Hall–Kier alpha value is -1.12. The van der Waals surface area contributed by atoms with E-state index >= 15 is 0 Å². The fourth-order valence-corrected chi connectivity index (χ4v) is 1.20. The van der Waals surface area contributed by atoms with Crippen LogP contribution in [0.25, 0.3) is 0 Å². The van der Waals surface area contributed by atoms with Crippen LogP contribution >= 0.6 is 0 Å². The minimum absolute atomic E-state index is 0.123. The van der Waals surface area contributed by atoms with Gasteiger partial charge in [-0.2, -0.15) is 0 Å². The molecule has 0 radical (unpaired) electrons. The molecule has 0 amide bonds. The van der Waals surface area contributed by atoms with Crippen LogP contribution in [-0.2, 0) is 9.53 Å². The molecule has 2 heterocycles. The summed E-state index contributed by atoms with van der Waals surface area (Å²) in [4.78, 5) is 14.7. The maximum absolute atomic E-state index is 10.7. The van der Waals surface area contributed by atoms with Crippen molar-refractivity contribution in [2.45, 2.75) is 6.42 Å². The Morgan fingerprint density at radius 3 is 3.40 bits per heavy atom. The Labute approximate surface area is 58.4 Å². The first-order valence-corrected chi connectivity index (χ1v) is 3.27. The molecule has 2 aliphatic heterocycles. The smallest absolute Gasteiger partial charge is 0.311 e. The van der Waals surface area contributed by atoms with E-state index in [0.717, 1.165) is 5.76 Å². The summed E-state index contributed by atoms with van der Waals surface area (Å²) in [5.41, 5.74) is 0. The average Bonchev–Trinajstić information content (AvgIpc) is 2.27. The third kappa shape index (κ3) is 0.744. The van der Waals surface area contributed by atoms with Crippen molar-refractivity contribution in [1.82, 2.24) is 0 Å². The molecule has 0 spiro atoms.